The van der Waals surface area contributed by atoms with Gasteiger partial charge in [0.15, 0.2) is 0 Å². The highest BCUT2D eigenvalue weighted by molar-refractivity contribution is 5.35. The summed E-state index contributed by atoms with van der Waals surface area (Å²) in [5, 5.41) is 3.52. The molecule has 3 rings (SSSR count). The Labute approximate surface area is 114 Å². The SMILES string of the molecule is c1cc(CCNCc2ccc3c(c2)CCC3)ccn1. The van der Waals surface area contributed by atoms with E-state index in [1.807, 2.05) is 12.4 Å². The normalized spacial score (nSPS) is 13.5. The quantitative estimate of drug-likeness (QED) is 0.828. The van der Waals surface area contributed by atoms with Crippen molar-refractivity contribution in [2.24, 2.45) is 0 Å². The van der Waals surface area contributed by atoms with Gasteiger partial charge in [0.1, 0.15) is 0 Å². The minimum absolute atomic E-state index is 0.971. The molecule has 0 bridgehead atoms. The van der Waals surface area contributed by atoms with Gasteiger partial charge < -0.3 is 5.32 Å². The van der Waals surface area contributed by atoms with Crippen molar-refractivity contribution in [2.75, 3.05) is 6.54 Å². The van der Waals surface area contributed by atoms with Gasteiger partial charge in [0, 0.05) is 18.9 Å². The Morgan fingerprint density at radius 3 is 2.68 bits per heavy atom. The number of rotatable bonds is 5. The van der Waals surface area contributed by atoms with Crippen LogP contribution in [0.25, 0.3) is 0 Å². The summed E-state index contributed by atoms with van der Waals surface area (Å²) in [5.41, 5.74) is 5.88. The van der Waals surface area contributed by atoms with E-state index in [0.29, 0.717) is 0 Å². The van der Waals surface area contributed by atoms with Crippen LogP contribution in [0.3, 0.4) is 0 Å². The minimum atomic E-state index is 0.971. The number of aryl methyl sites for hydroxylation is 2. The molecule has 0 fully saturated rings. The van der Waals surface area contributed by atoms with E-state index >= 15 is 0 Å². The summed E-state index contributed by atoms with van der Waals surface area (Å²) in [7, 11) is 0. The summed E-state index contributed by atoms with van der Waals surface area (Å²) in [5.74, 6) is 0. The van der Waals surface area contributed by atoms with Crippen molar-refractivity contribution in [2.45, 2.75) is 32.2 Å². The molecule has 2 heteroatoms. The average Bonchev–Trinajstić information content (AvgIpc) is 2.92. The monoisotopic (exact) mass is 252 g/mol. The number of nitrogens with zero attached hydrogens (tertiary/aromatic N) is 1. The second kappa shape index (κ2) is 5.98. The third-order valence-electron chi connectivity index (χ3n) is 3.83. The second-order valence-electron chi connectivity index (χ2n) is 5.24. The Morgan fingerprint density at radius 2 is 1.79 bits per heavy atom. The number of fused-ring (bicyclic) bond motifs is 1. The Balaban J connectivity index is 1.48. The first-order chi connectivity index (χ1) is 9.42. The molecule has 0 saturated heterocycles. The van der Waals surface area contributed by atoms with E-state index < -0.39 is 0 Å². The van der Waals surface area contributed by atoms with Crippen molar-refractivity contribution in [3.63, 3.8) is 0 Å². The van der Waals surface area contributed by atoms with E-state index in [0.717, 1.165) is 19.5 Å². The highest BCUT2D eigenvalue weighted by atomic mass is 14.8. The van der Waals surface area contributed by atoms with Crippen LogP contribution in [0.15, 0.2) is 42.7 Å². The number of nitrogens with one attached hydrogen (secondary N) is 1. The first kappa shape index (κ1) is 12.4. The molecule has 0 radical (unpaired) electrons. The standard InChI is InChI=1S/C17H20N2/c1-2-16-5-4-15(12-17(16)3-1)13-19-11-8-14-6-9-18-10-7-14/h4-7,9-10,12,19H,1-3,8,11,13H2. The van der Waals surface area contributed by atoms with Crippen LogP contribution in [-0.4, -0.2) is 11.5 Å². The van der Waals surface area contributed by atoms with Gasteiger partial charge in [0.05, 0.1) is 0 Å². The molecule has 2 nitrogen and oxygen atoms in total. The molecule has 1 aliphatic carbocycles. The fourth-order valence-corrected chi connectivity index (χ4v) is 2.75. The lowest BCUT2D eigenvalue weighted by atomic mass is 10.1. The van der Waals surface area contributed by atoms with Gasteiger partial charge in [-0.05, 0) is 66.6 Å². The summed E-state index contributed by atoms with van der Waals surface area (Å²) >= 11 is 0. The van der Waals surface area contributed by atoms with Crippen LogP contribution in [-0.2, 0) is 25.8 Å². The van der Waals surface area contributed by atoms with Crippen molar-refractivity contribution >= 4 is 0 Å². The number of hydrogen-bond donors (Lipinski definition) is 1. The average molecular weight is 252 g/mol. The lowest BCUT2D eigenvalue weighted by molar-refractivity contribution is 0.686. The third kappa shape index (κ3) is 3.21. The number of hydrogen-bond acceptors (Lipinski definition) is 2. The minimum Gasteiger partial charge on any atom is -0.312 e. The van der Waals surface area contributed by atoms with Crippen LogP contribution >= 0.6 is 0 Å². The maximum Gasteiger partial charge on any atom is 0.0270 e. The van der Waals surface area contributed by atoms with Gasteiger partial charge >= 0.3 is 0 Å². The van der Waals surface area contributed by atoms with Crippen molar-refractivity contribution in [3.8, 4) is 0 Å². The molecule has 1 aromatic carbocycles. The summed E-state index contributed by atoms with van der Waals surface area (Å²) in [6.07, 6.45) is 8.64. The summed E-state index contributed by atoms with van der Waals surface area (Å²) < 4.78 is 0. The van der Waals surface area contributed by atoms with E-state index in [2.05, 4.69) is 40.6 Å². The second-order valence-corrected chi connectivity index (χ2v) is 5.24. The highest BCUT2D eigenvalue weighted by Crippen LogP contribution is 2.22. The molecule has 0 amide bonds. The van der Waals surface area contributed by atoms with Gasteiger partial charge in [-0.1, -0.05) is 18.2 Å². The van der Waals surface area contributed by atoms with E-state index in [-0.39, 0.29) is 0 Å². The van der Waals surface area contributed by atoms with Crippen LogP contribution in [0.2, 0.25) is 0 Å². The zero-order chi connectivity index (χ0) is 12.9. The van der Waals surface area contributed by atoms with Crippen LogP contribution in [0, 0.1) is 0 Å². The zero-order valence-electron chi connectivity index (χ0n) is 11.2. The molecule has 0 saturated carbocycles. The first-order valence-electron chi connectivity index (χ1n) is 7.12. The van der Waals surface area contributed by atoms with E-state index in [4.69, 9.17) is 0 Å². The topological polar surface area (TPSA) is 24.9 Å². The molecular formula is C17H20N2. The van der Waals surface area contributed by atoms with Gasteiger partial charge in [-0.3, -0.25) is 4.98 Å². The smallest absolute Gasteiger partial charge is 0.0270 e. The maximum absolute atomic E-state index is 4.03. The van der Waals surface area contributed by atoms with Crippen molar-refractivity contribution in [3.05, 3.63) is 65.0 Å². The fourth-order valence-electron chi connectivity index (χ4n) is 2.75. The molecule has 1 aliphatic rings. The number of benzene rings is 1. The molecule has 0 spiro atoms. The molecule has 0 unspecified atom stereocenters. The molecule has 2 aromatic rings. The Morgan fingerprint density at radius 1 is 0.947 bits per heavy atom. The lowest BCUT2D eigenvalue weighted by Gasteiger charge is -2.07. The van der Waals surface area contributed by atoms with Gasteiger partial charge in [-0.15, -0.1) is 0 Å². The zero-order valence-corrected chi connectivity index (χ0v) is 11.2. The van der Waals surface area contributed by atoms with Gasteiger partial charge in [-0.25, -0.2) is 0 Å². The molecule has 1 heterocycles. The van der Waals surface area contributed by atoms with Crippen LogP contribution in [0.4, 0.5) is 0 Å². The van der Waals surface area contributed by atoms with Gasteiger partial charge in [-0.2, -0.15) is 0 Å². The maximum atomic E-state index is 4.03. The lowest BCUT2D eigenvalue weighted by Crippen LogP contribution is -2.16. The molecule has 0 atom stereocenters. The predicted molar refractivity (Wildman–Crippen MR) is 78.1 cm³/mol. The van der Waals surface area contributed by atoms with Gasteiger partial charge in [0.25, 0.3) is 0 Å². The highest BCUT2D eigenvalue weighted by Gasteiger charge is 2.10. The molecule has 1 aromatic heterocycles. The summed E-state index contributed by atoms with van der Waals surface area (Å²) in [6, 6.07) is 11.1. The van der Waals surface area contributed by atoms with E-state index in [9.17, 15) is 0 Å². The summed E-state index contributed by atoms with van der Waals surface area (Å²) in [6.45, 7) is 1.99. The van der Waals surface area contributed by atoms with Crippen molar-refractivity contribution < 1.29 is 0 Å². The number of aromatic nitrogens is 1. The Hall–Kier alpha value is -1.67. The Kier molecular flexibility index (Phi) is 3.89. The van der Waals surface area contributed by atoms with E-state index in [1.165, 1.54) is 30.4 Å². The predicted octanol–water partition coefficient (Wildman–Crippen LogP) is 2.90. The molecule has 1 N–H and O–H groups in total. The molecule has 98 valence electrons. The van der Waals surface area contributed by atoms with Gasteiger partial charge in [0.2, 0.25) is 0 Å². The summed E-state index contributed by atoms with van der Waals surface area (Å²) in [4.78, 5) is 4.03. The van der Waals surface area contributed by atoms with Crippen LogP contribution in [0.1, 0.15) is 28.7 Å². The molecular weight excluding hydrogens is 232 g/mol. The fraction of sp³-hybridized carbons (Fsp3) is 0.353. The first-order valence-corrected chi connectivity index (χ1v) is 7.12. The van der Waals surface area contributed by atoms with Crippen molar-refractivity contribution in [1.82, 2.24) is 10.3 Å². The number of pyridine rings is 1. The van der Waals surface area contributed by atoms with Crippen LogP contribution in [0.5, 0.6) is 0 Å². The third-order valence-corrected chi connectivity index (χ3v) is 3.83. The molecule has 0 aliphatic heterocycles. The Bertz CT molecular complexity index is 534. The van der Waals surface area contributed by atoms with E-state index in [1.54, 1.807) is 11.1 Å². The van der Waals surface area contributed by atoms with Crippen LogP contribution < -0.4 is 5.32 Å². The molecule has 19 heavy (non-hydrogen) atoms. The van der Waals surface area contributed by atoms with Crippen molar-refractivity contribution in [1.29, 1.82) is 0 Å². The largest absolute Gasteiger partial charge is 0.312 e.